The first-order valence-electron chi connectivity index (χ1n) is 9.45. The normalized spacial score (nSPS) is 13.4. The molecule has 0 saturated heterocycles. The van der Waals surface area contributed by atoms with Crippen molar-refractivity contribution in [1.29, 1.82) is 0 Å². The van der Waals surface area contributed by atoms with Crippen molar-refractivity contribution >= 4 is 5.91 Å². The number of carbonyl (C=O) groups is 1. The van der Waals surface area contributed by atoms with Gasteiger partial charge in [-0.15, -0.1) is 0 Å². The molecule has 0 spiro atoms. The van der Waals surface area contributed by atoms with Crippen LogP contribution in [0.15, 0.2) is 42.5 Å². The number of rotatable bonds is 7. The van der Waals surface area contributed by atoms with Gasteiger partial charge < -0.3 is 19.5 Å². The molecule has 0 radical (unpaired) electrons. The molecular weight excluding hydrogens is 354 g/mol. The lowest BCUT2D eigenvalue weighted by Crippen LogP contribution is -2.37. The molecule has 5 heteroatoms. The van der Waals surface area contributed by atoms with E-state index in [1.54, 1.807) is 21.1 Å². The molecule has 1 N–H and O–H groups in total. The van der Waals surface area contributed by atoms with Crippen molar-refractivity contribution in [2.45, 2.75) is 52.2 Å². The Labute approximate surface area is 168 Å². The fourth-order valence-electron chi connectivity index (χ4n) is 2.83. The maximum Gasteiger partial charge on any atom is 0.261 e. The van der Waals surface area contributed by atoms with Gasteiger partial charge in [-0.25, -0.2) is 0 Å². The summed E-state index contributed by atoms with van der Waals surface area (Å²) in [5.74, 6) is 1.78. The smallest absolute Gasteiger partial charge is 0.261 e. The molecular formula is C23H31NO4. The van der Waals surface area contributed by atoms with Crippen LogP contribution in [-0.4, -0.2) is 26.2 Å². The summed E-state index contributed by atoms with van der Waals surface area (Å²) < 4.78 is 16.4. The van der Waals surface area contributed by atoms with Crippen molar-refractivity contribution in [3.63, 3.8) is 0 Å². The van der Waals surface area contributed by atoms with Gasteiger partial charge in [-0.3, -0.25) is 4.79 Å². The third kappa shape index (κ3) is 5.41. The van der Waals surface area contributed by atoms with Crippen molar-refractivity contribution in [1.82, 2.24) is 5.32 Å². The average molecular weight is 386 g/mol. The van der Waals surface area contributed by atoms with E-state index < -0.39 is 6.10 Å². The highest BCUT2D eigenvalue weighted by molar-refractivity contribution is 5.81. The largest absolute Gasteiger partial charge is 0.493 e. The van der Waals surface area contributed by atoms with Crippen LogP contribution in [-0.2, 0) is 10.2 Å². The predicted molar refractivity (Wildman–Crippen MR) is 111 cm³/mol. The fourth-order valence-corrected chi connectivity index (χ4v) is 2.83. The first-order chi connectivity index (χ1) is 13.2. The van der Waals surface area contributed by atoms with Crippen molar-refractivity contribution < 1.29 is 19.0 Å². The number of hydrogen-bond acceptors (Lipinski definition) is 4. The Morgan fingerprint density at radius 1 is 0.929 bits per heavy atom. The summed E-state index contributed by atoms with van der Waals surface area (Å²) in [5.41, 5.74) is 2.22. The molecule has 2 aromatic carbocycles. The van der Waals surface area contributed by atoms with E-state index in [9.17, 15) is 4.79 Å². The molecule has 1 amide bonds. The van der Waals surface area contributed by atoms with Crippen molar-refractivity contribution in [2.75, 3.05) is 14.2 Å². The highest BCUT2D eigenvalue weighted by Crippen LogP contribution is 2.30. The minimum atomic E-state index is -0.608. The summed E-state index contributed by atoms with van der Waals surface area (Å²) >= 11 is 0. The van der Waals surface area contributed by atoms with Gasteiger partial charge in [0.15, 0.2) is 17.6 Å². The summed E-state index contributed by atoms with van der Waals surface area (Å²) in [6.07, 6.45) is -0.608. The third-order valence-electron chi connectivity index (χ3n) is 4.67. The standard InChI is InChI=1S/C23H31NO4/c1-15(17-8-13-20(26-6)21(14-17)27-7)24-22(25)16(2)28-19-11-9-18(10-12-19)23(3,4)5/h8-16H,1-7H3,(H,24,25). The van der Waals surface area contributed by atoms with Crippen LogP contribution in [0.2, 0.25) is 0 Å². The van der Waals surface area contributed by atoms with E-state index in [0.29, 0.717) is 17.2 Å². The maximum absolute atomic E-state index is 12.5. The molecule has 0 aliphatic carbocycles. The van der Waals surface area contributed by atoms with E-state index in [4.69, 9.17) is 14.2 Å². The molecule has 0 aliphatic heterocycles. The Morgan fingerprint density at radius 3 is 2.07 bits per heavy atom. The van der Waals surface area contributed by atoms with Gasteiger partial charge in [-0.1, -0.05) is 39.0 Å². The molecule has 0 aliphatic rings. The number of amides is 1. The van der Waals surface area contributed by atoms with Gasteiger partial charge in [-0.2, -0.15) is 0 Å². The van der Waals surface area contributed by atoms with E-state index in [1.807, 2.05) is 49.4 Å². The lowest BCUT2D eigenvalue weighted by Gasteiger charge is -2.21. The van der Waals surface area contributed by atoms with Gasteiger partial charge in [0.25, 0.3) is 5.91 Å². The Bertz CT molecular complexity index is 793. The summed E-state index contributed by atoms with van der Waals surface area (Å²) in [6, 6.07) is 13.3. The van der Waals surface area contributed by atoms with Crippen LogP contribution >= 0.6 is 0 Å². The molecule has 0 saturated carbocycles. The molecule has 2 unspecified atom stereocenters. The number of ether oxygens (including phenoxy) is 3. The first kappa shape index (κ1) is 21.6. The molecule has 0 bridgehead atoms. The highest BCUT2D eigenvalue weighted by atomic mass is 16.5. The number of nitrogens with one attached hydrogen (secondary N) is 1. The van der Waals surface area contributed by atoms with Crippen LogP contribution in [0.5, 0.6) is 17.2 Å². The minimum absolute atomic E-state index is 0.0797. The second-order valence-electron chi connectivity index (χ2n) is 7.88. The van der Waals surface area contributed by atoms with Crippen LogP contribution in [0.4, 0.5) is 0 Å². The van der Waals surface area contributed by atoms with Gasteiger partial charge in [0.1, 0.15) is 5.75 Å². The predicted octanol–water partition coefficient (Wildman–Crippen LogP) is 4.65. The SMILES string of the molecule is COc1ccc(C(C)NC(=O)C(C)Oc2ccc(C(C)(C)C)cc2)cc1OC. The lowest BCUT2D eigenvalue weighted by atomic mass is 9.87. The Kier molecular flexibility index (Phi) is 6.95. The Morgan fingerprint density at radius 2 is 1.54 bits per heavy atom. The number of methoxy groups -OCH3 is 2. The monoisotopic (exact) mass is 385 g/mol. The second kappa shape index (κ2) is 9.00. The number of carbonyl (C=O) groups excluding carboxylic acids is 1. The van der Waals surface area contributed by atoms with Gasteiger partial charge in [-0.05, 0) is 54.7 Å². The fraction of sp³-hybridized carbons (Fsp3) is 0.435. The van der Waals surface area contributed by atoms with E-state index in [1.165, 1.54) is 5.56 Å². The van der Waals surface area contributed by atoms with E-state index in [0.717, 1.165) is 5.56 Å². The van der Waals surface area contributed by atoms with E-state index in [2.05, 4.69) is 26.1 Å². The highest BCUT2D eigenvalue weighted by Gasteiger charge is 2.19. The molecule has 2 atom stereocenters. The van der Waals surface area contributed by atoms with Crippen molar-refractivity contribution in [3.05, 3.63) is 53.6 Å². The zero-order chi connectivity index (χ0) is 20.9. The third-order valence-corrected chi connectivity index (χ3v) is 4.67. The molecule has 152 valence electrons. The molecule has 2 aromatic rings. The van der Waals surface area contributed by atoms with Crippen LogP contribution < -0.4 is 19.5 Å². The van der Waals surface area contributed by atoms with Crippen LogP contribution in [0, 0.1) is 0 Å². The average Bonchev–Trinajstić information content (AvgIpc) is 2.66. The molecule has 0 aromatic heterocycles. The lowest BCUT2D eigenvalue weighted by molar-refractivity contribution is -0.127. The number of hydrogen-bond donors (Lipinski definition) is 1. The molecule has 5 nitrogen and oxygen atoms in total. The van der Waals surface area contributed by atoms with Crippen molar-refractivity contribution in [2.24, 2.45) is 0 Å². The number of benzene rings is 2. The summed E-state index contributed by atoms with van der Waals surface area (Å²) in [5, 5.41) is 2.98. The molecule has 2 rings (SSSR count). The van der Waals surface area contributed by atoms with Crippen molar-refractivity contribution in [3.8, 4) is 17.2 Å². The van der Waals surface area contributed by atoms with Gasteiger partial charge in [0.05, 0.1) is 20.3 Å². The Hall–Kier alpha value is -2.69. The minimum Gasteiger partial charge on any atom is -0.493 e. The second-order valence-corrected chi connectivity index (χ2v) is 7.88. The van der Waals surface area contributed by atoms with E-state index >= 15 is 0 Å². The van der Waals surface area contributed by atoms with Crippen LogP contribution in [0.1, 0.15) is 51.8 Å². The summed E-state index contributed by atoms with van der Waals surface area (Å²) in [4.78, 5) is 12.5. The molecule has 0 heterocycles. The van der Waals surface area contributed by atoms with Crippen LogP contribution in [0.3, 0.4) is 0 Å². The molecule has 0 fully saturated rings. The zero-order valence-electron chi connectivity index (χ0n) is 17.8. The molecule has 28 heavy (non-hydrogen) atoms. The van der Waals surface area contributed by atoms with Gasteiger partial charge >= 0.3 is 0 Å². The zero-order valence-corrected chi connectivity index (χ0v) is 17.8. The van der Waals surface area contributed by atoms with Gasteiger partial charge in [0.2, 0.25) is 0 Å². The van der Waals surface area contributed by atoms with Gasteiger partial charge in [0, 0.05) is 0 Å². The maximum atomic E-state index is 12.5. The summed E-state index contributed by atoms with van der Waals surface area (Å²) in [7, 11) is 3.18. The summed E-state index contributed by atoms with van der Waals surface area (Å²) in [6.45, 7) is 10.1. The topological polar surface area (TPSA) is 56.8 Å². The quantitative estimate of drug-likeness (QED) is 0.754. The van der Waals surface area contributed by atoms with Crippen LogP contribution in [0.25, 0.3) is 0 Å². The first-order valence-corrected chi connectivity index (χ1v) is 9.45. The van der Waals surface area contributed by atoms with E-state index in [-0.39, 0.29) is 17.4 Å². The Balaban J connectivity index is 2.00.